The molecule has 0 atom stereocenters. The van der Waals surface area contributed by atoms with Crippen molar-refractivity contribution in [1.82, 2.24) is 15.4 Å². The first kappa shape index (κ1) is 12.8. The Morgan fingerprint density at radius 3 is 2.22 bits per heavy atom. The number of rotatable bonds is 7. The average Bonchev–Trinajstić information content (AvgIpc) is 2.85. The van der Waals surface area contributed by atoms with E-state index in [9.17, 15) is 0 Å². The lowest BCUT2D eigenvalue weighted by molar-refractivity contribution is 0.749. The van der Waals surface area contributed by atoms with Crippen LogP contribution in [0.25, 0.3) is 0 Å². The van der Waals surface area contributed by atoms with Crippen molar-refractivity contribution < 1.29 is 0 Å². The molecule has 0 aliphatic heterocycles. The number of H-pyrrole nitrogens is 1. The quantitative estimate of drug-likeness (QED) is 0.810. The van der Waals surface area contributed by atoms with Crippen LogP contribution in [0.1, 0.15) is 43.1 Å². The maximum atomic E-state index is 4.26. The zero-order valence-electron chi connectivity index (χ0n) is 11.0. The third-order valence-electron chi connectivity index (χ3n) is 3.19. The van der Waals surface area contributed by atoms with E-state index in [0.717, 1.165) is 37.1 Å². The number of unbranched alkanes of at least 4 members (excludes halogenated alkanes) is 1. The molecule has 0 fully saturated rings. The Bertz CT molecular complexity index is 448. The summed E-state index contributed by atoms with van der Waals surface area (Å²) in [5, 5.41) is 11.3. The molecule has 3 heteroatoms. The summed E-state index contributed by atoms with van der Waals surface area (Å²) in [6.07, 6.45) is 6.71. The van der Waals surface area contributed by atoms with E-state index in [4.69, 9.17) is 0 Å². The van der Waals surface area contributed by atoms with Gasteiger partial charge in [-0.05, 0) is 37.7 Å². The summed E-state index contributed by atoms with van der Waals surface area (Å²) in [7, 11) is 0. The standard InChI is InChI=1S/C15H21N3/c1-2-3-11-14-15(17-18-16-14)12-7-10-13-8-5-4-6-9-13/h4-6,8-9H,2-3,7,10-12H2,1H3,(H,16,17,18). The molecule has 0 saturated carbocycles. The number of nitrogens with zero attached hydrogens (tertiary/aromatic N) is 2. The maximum absolute atomic E-state index is 4.26. The zero-order valence-corrected chi connectivity index (χ0v) is 11.0. The van der Waals surface area contributed by atoms with Crippen LogP contribution in [0.3, 0.4) is 0 Å². The van der Waals surface area contributed by atoms with Crippen molar-refractivity contribution in [3.63, 3.8) is 0 Å². The van der Waals surface area contributed by atoms with Gasteiger partial charge in [-0.3, -0.25) is 0 Å². The van der Waals surface area contributed by atoms with Crippen LogP contribution in [0.4, 0.5) is 0 Å². The topological polar surface area (TPSA) is 41.6 Å². The smallest absolute Gasteiger partial charge is 0.0856 e. The van der Waals surface area contributed by atoms with Crippen LogP contribution in [0.5, 0.6) is 0 Å². The summed E-state index contributed by atoms with van der Waals surface area (Å²) in [5.41, 5.74) is 3.71. The van der Waals surface area contributed by atoms with E-state index in [-0.39, 0.29) is 0 Å². The number of aryl methyl sites for hydroxylation is 3. The van der Waals surface area contributed by atoms with Gasteiger partial charge < -0.3 is 0 Å². The predicted octanol–water partition coefficient (Wildman–Crippen LogP) is 3.32. The molecule has 3 nitrogen and oxygen atoms in total. The largest absolute Gasteiger partial charge is 0.197 e. The molecule has 2 aromatic rings. The summed E-state index contributed by atoms with van der Waals surface area (Å²) in [6, 6.07) is 10.6. The number of benzene rings is 1. The van der Waals surface area contributed by atoms with Crippen molar-refractivity contribution in [1.29, 1.82) is 0 Å². The van der Waals surface area contributed by atoms with Gasteiger partial charge in [0.2, 0.25) is 0 Å². The Morgan fingerprint density at radius 1 is 0.889 bits per heavy atom. The molecule has 0 aliphatic carbocycles. The Labute approximate surface area is 109 Å². The lowest BCUT2D eigenvalue weighted by Crippen LogP contribution is -1.96. The minimum Gasteiger partial charge on any atom is -0.197 e. The highest BCUT2D eigenvalue weighted by Crippen LogP contribution is 2.10. The third-order valence-corrected chi connectivity index (χ3v) is 3.19. The fraction of sp³-hybridized carbons (Fsp3) is 0.467. The molecule has 0 saturated heterocycles. The molecule has 18 heavy (non-hydrogen) atoms. The lowest BCUT2D eigenvalue weighted by Gasteiger charge is -2.01. The monoisotopic (exact) mass is 243 g/mol. The Balaban J connectivity index is 1.81. The second-order valence-electron chi connectivity index (χ2n) is 4.66. The highest BCUT2D eigenvalue weighted by Gasteiger charge is 2.06. The van der Waals surface area contributed by atoms with Crippen molar-refractivity contribution >= 4 is 0 Å². The van der Waals surface area contributed by atoms with E-state index in [1.165, 1.54) is 18.4 Å². The summed E-state index contributed by atoms with van der Waals surface area (Å²) >= 11 is 0. The van der Waals surface area contributed by atoms with Gasteiger partial charge in [-0.25, -0.2) is 0 Å². The van der Waals surface area contributed by atoms with Gasteiger partial charge in [0.1, 0.15) is 0 Å². The molecule has 1 aromatic heterocycles. The Kier molecular flexibility index (Phi) is 4.94. The molecule has 1 N–H and O–H groups in total. The number of aromatic nitrogens is 3. The van der Waals surface area contributed by atoms with E-state index in [1.807, 2.05) is 0 Å². The minimum absolute atomic E-state index is 1.02. The highest BCUT2D eigenvalue weighted by molar-refractivity contribution is 5.15. The van der Waals surface area contributed by atoms with Crippen molar-refractivity contribution in [2.75, 3.05) is 0 Å². The molecule has 0 bridgehead atoms. The summed E-state index contributed by atoms with van der Waals surface area (Å²) < 4.78 is 0. The summed E-state index contributed by atoms with van der Waals surface area (Å²) in [5.74, 6) is 0. The molecule has 1 heterocycles. The van der Waals surface area contributed by atoms with Gasteiger partial charge in [0.25, 0.3) is 0 Å². The van der Waals surface area contributed by atoms with Crippen LogP contribution in [-0.4, -0.2) is 15.4 Å². The molecule has 0 radical (unpaired) electrons. The normalized spacial score (nSPS) is 10.7. The SMILES string of the molecule is CCCCc1n[nH]nc1CCCc1ccccc1. The molecule has 0 aliphatic rings. The second-order valence-corrected chi connectivity index (χ2v) is 4.66. The van der Waals surface area contributed by atoms with Crippen molar-refractivity contribution in [3.8, 4) is 0 Å². The number of hydrogen-bond acceptors (Lipinski definition) is 2. The fourth-order valence-corrected chi connectivity index (χ4v) is 2.12. The Morgan fingerprint density at radius 2 is 1.56 bits per heavy atom. The predicted molar refractivity (Wildman–Crippen MR) is 73.5 cm³/mol. The van der Waals surface area contributed by atoms with Crippen LogP contribution in [0, 0.1) is 0 Å². The first-order chi connectivity index (χ1) is 8.90. The zero-order chi connectivity index (χ0) is 12.6. The van der Waals surface area contributed by atoms with E-state index < -0.39 is 0 Å². The molecule has 1 aromatic carbocycles. The van der Waals surface area contributed by atoms with E-state index in [0.29, 0.717) is 0 Å². The van der Waals surface area contributed by atoms with Crippen LogP contribution in [0.2, 0.25) is 0 Å². The molecular formula is C15H21N3. The molecule has 0 unspecified atom stereocenters. The lowest BCUT2D eigenvalue weighted by atomic mass is 10.1. The second kappa shape index (κ2) is 6.94. The molecule has 0 spiro atoms. The van der Waals surface area contributed by atoms with Crippen molar-refractivity contribution in [2.24, 2.45) is 0 Å². The van der Waals surface area contributed by atoms with Gasteiger partial charge in [0, 0.05) is 0 Å². The maximum Gasteiger partial charge on any atom is 0.0856 e. The van der Waals surface area contributed by atoms with E-state index >= 15 is 0 Å². The van der Waals surface area contributed by atoms with Crippen LogP contribution < -0.4 is 0 Å². The molecule has 2 rings (SSSR count). The van der Waals surface area contributed by atoms with Gasteiger partial charge >= 0.3 is 0 Å². The first-order valence-electron chi connectivity index (χ1n) is 6.82. The van der Waals surface area contributed by atoms with Crippen LogP contribution in [-0.2, 0) is 19.3 Å². The van der Waals surface area contributed by atoms with Gasteiger partial charge in [-0.1, -0.05) is 43.7 Å². The number of aromatic amines is 1. The fourth-order valence-electron chi connectivity index (χ4n) is 2.12. The number of hydrogen-bond donors (Lipinski definition) is 1. The van der Waals surface area contributed by atoms with E-state index in [2.05, 4.69) is 52.7 Å². The van der Waals surface area contributed by atoms with Gasteiger partial charge in [0.05, 0.1) is 11.4 Å². The van der Waals surface area contributed by atoms with Gasteiger partial charge in [0.15, 0.2) is 0 Å². The average molecular weight is 243 g/mol. The number of nitrogens with one attached hydrogen (secondary N) is 1. The van der Waals surface area contributed by atoms with E-state index in [1.54, 1.807) is 0 Å². The van der Waals surface area contributed by atoms with Gasteiger partial charge in [-0.2, -0.15) is 15.4 Å². The first-order valence-corrected chi connectivity index (χ1v) is 6.82. The molecular weight excluding hydrogens is 222 g/mol. The van der Waals surface area contributed by atoms with Crippen molar-refractivity contribution in [2.45, 2.75) is 45.4 Å². The van der Waals surface area contributed by atoms with Crippen LogP contribution >= 0.6 is 0 Å². The Hall–Kier alpha value is -1.64. The van der Waals surface area contributed by atoms with Crippen LogP contribution in [0.15, 0.2) is 30.3 Å². The van der Waals surface area contributed by atoms with Gasteiger partial charge in [-0.15, -0.1) is 0 Å². The summed E-state index contributed by atoms with van der Waals surface area (Å²) in [6.45, 7) is 2.20. The highest BCUT2D eigenvalue weighted by atomic mass is 15.3. The molecule has 96 valence electrons. The van der Waals surface area contributed by atoms with Crippen molar-refractivity contribution in [3.05, 3.63) is 47.3 Å². The molecule has 0 amide bonds. The minimum atomic E-state index is 1.02. The summed E-state index contributed by atoms with van der Waals surface area (Å²) in [4.78, 5) is 0. The third kappa shape index (κ3) is 3.69.